The van der Waals surface area contributed by atoms with Crippen LogP contribution < -0.4 is 10.6 Å². The van der Waals surface area contributed by atoms with E-state index in [-0.39, 0.29) is 5.91 Å². The number of rotatable bonds is 5. The Morgan fingerprint density at radius 3 is 2.86 bits per heavy atom. The average molecular weight is 315 g/mol. The zero-order valence-electron chi connectivity index (χ0n) is 12.5. The van der Waals surface area contributed by atoms with Crippen LogP contribution in [0.5, 0.6) is 0 Å². The van der Waals surface area contributed by atoms with Gasteiger partial charge in [0.05, 0.1) is 12.1 Å². The van der Waals surface area contributed by atoms with Gasteiger partial charge in [-0.05, 0) is 36.4 Å². The molecule has 0 bridgehead atoms. The Hall–Kier alpha value is -1.88. The third-order valence-corrected chi connectivity index (χ3v) is 4.88. The largest absolute Gasteiger partial charge is 0.367 e. The summed E-state index contributed by atoms with van der Waals surface area (Å²) < 4.78 is 0. The predicted octanol–water partition coefficient (Wildman–Crippen LogP) is 3.82. The third-order valence-electron chi connectivity index (χ3n) is 4.00. The zero-order chi connectivity index (χ0) is 15.2. The van der Waals surface area contributed by atoms with E-state index in [9.17, 15) is 4.79 Å². The molecule has 116 valence electrons. The van der Waals surface area contributed by atoms with Crippen molar-refractivity contribution in [2.75, 3.05) is 5.32 Å². The molecular formula is C17H21N3OS. The quantitative estimate of drug-likeness (QED) is 0.882. The molecule has 0 saturated heterocycles. The summed E-state index contributed by atoms with van der Waals surface area (Å²) in [5, 5.41) is 8.44. The summed E-state index contributed by atoms with van der Waals surface area (Å²) in [6.45, 7) is 0.564. The Kier molecular flexibility index (Phi) is 5.06. The van der Waals surface area contributed by atoms with Gasteiger partial charge in [0.25, 0.3) is 5.91 Å². The fourth-order valence-electron chi connectivity index (χ4n) is 2.82. The standard InChI is InChI=1S/C17H21N3OS/c21-17(19-12-14-8-5-11-22-14)15-9-4-10-18-16(15)20-13-6-2-1-3-7-13/h4-5,8-11,13H,1-3,6-7,12H2,(H,18,20)(H,19,21). The summed E-state index contributed by atoms with van der Waals surface area (Å²) in [5.41, 5.74) is 0.629. The van der Waals surface area contributed by atoms with Crippen molar-refractivity contribution < 1.29 is 4.79 Å². The number of hydrogen-bond acceptors (Lipinski definition) is 4. The minimum Gasteiger partial charge on any atom is -0.367 e. The molecule has 2 heterocycles. The summed E-state index contributed by atoms with van der Waals surface area (Å²) in [4.78, 5) is 17.9. The molecular weight excluding hydrogens is 294 g/mol. The zero-order valence-corrected chi connectivity index (χ0v) is 13.4. The lowest BCUT2D eigenvalue weighted by Crippen LogP contribution is -2.27. The molecule has 4 nitrogen and oxygen atoms in total. The number of nitrogens with zero attached hydrogens (tertiary/aromatic N) is 1. The number of aromatic nitrogens is 1. The van der Waals surface area contributed by atoms with E-state index in [1.54, 1.807) is 17.5 Å². The molecule has 2 N–H and O–H groups in total. The van der Waals surface area contributed by atoms with Crippen LogP contribution in [0.2, 0.25) is 0 Å². The van der Waals surface area contributed by atoms with Gasteiger partial charge in [0.15, 0.2) is 0 Å². The van der Waals surface area contributed by atoms with Crippen molar-refractivity contribution in [3.8, 4) is 0 Å². The van der Waals surface area contributed by atoms with Crippen molar-refractivity contribution in [1.82, 2.24) is 10.3 Å². The Morgan fingerprint density at radius 1 is 1.23 bits per heavy atom. The summed E-state index contributed by atoms with van der Waals surface area (Å²) in [6, 6.07) is 8.10. The normalized spacial score (nSPS) is 15.5. The number of hydrogen-bond donors (Lipinski definition) is 2. The van der Waals surface area contributed by atoms with Crippen LogP contribution in [0.1, 0.15) is 47.3 Å². The highest BCUT2D eigenvalue weighted by molar-refractivity contribution is 7.09. The molecule has 0 aliphatic heterocycles. The summed E-state index contributed by atoms with van der Waals surface area (Å²) in [6.07, 6.45) is 7.88. The number of carbonyl (C=O) groups is 1. The molecule has 3 rings (SSSR count). The second-order valence-corrected chi connectivity index (χ2v) is 6.67. The fourth-order valence-corrected chi connectivity index (χ4v) is 3.46. The van der Waals surface area contributed by atoms with Gasteiger partial charge in [-0.2, -0.15) is 0 Å². The van der Waals surface area contributed by atoms with Crippen LogP contribution in [0.4, 0.5) is 5.82 Å². The van der Waals surface area contributed by atoms with E-state index in [4.69, 9.17) is 0 Å². The first-order chi connectivity index (χ1) is 10.8. The smallest absolute Gasteiger partial charge is 0.255 e. The SMILES string of the molecule is O=C(NCc1cccs1)c1cccnc1NC1CCCCC1. The van der Waals surface area contributed by atoms with Crippen LogP contribution in [0, 0.1) is 0 Å². The van der Waals surface area contributed by atoms with Gasteiger partial charge in [-0.1, -0.05) is 25.3 Å². The molecule has 0 atom stereocenters. The van der Waals surface area contributed by atoms with Crippen LogP contribution in [0.3, 0.4) is 0 Å². The molecule has 1 aliphatic carbocycles. The van der Waals surface area contributed by atoms with E-state index in [2.05, 4.69) is 15.6 Å². The fraction of sp³-hybridized carbons (Fsp3) is 0.412. The molecule has 1 fully saturated rings. The number of anilines is 1. The van der Waals surface area contributed by atoms with E-state index >= 15 is 0 Å². The van der Waals surface area contributed by atoms with Crippen LogP contribution >= 0.6 is 11.3 Å². The van der Waals surface area contributed by atoms with Gasteiger partial charge in [0.1, 0.15) is 5.82 Å². The van der Waals surface area contributed by atoms with E-state index in [1.807, 2.05) is 29.6 Å². The number of nitrogens with one attached hydrogen (secondary N) is 2. The van der Waals surface area contributed by atoms with Gasteiger partial charge in [0.2, 0.25) is 0 Å². The molecule has 0 aromatic carbocycles. The second-order valence-electron chi connectivity index (χ2n) is 5.64. The summed E-state index contributed by atoms with van der Waals surface area (Å²) >= 11 is 1.65. The Bertz CT molecular complexity index is 606. The Balaban J connectivity index is 1.65. The van der Waals surface area contributed by atoms with E-state index in [0.717, 1.165) is 17.7 Å². The van der Waals surface area contributed by atoms with Crippen molar-refractivity contribution >= 4 is 23.1 Å². The molecule has 1 amide bonds. The van der Waals surface area contributed by atoms with Crippen LogP contribution in [0.25, 0.3) is 0 Å². The molecule has 0 spiro atoms. The van der Waals surface area contributed by atoms with Crippen LogP contribution in [-0.2, 0) is 6.54 Å². The van der Waals surface area contributed by atoms with Crippen LogP contribution in [0.15, 0.2) is 35.8 Å². The third kappa shape index (κ3) is 3.85. The maximum Gasteiger partial charge on any atom is 0.255 e. The number of carbonyl (C=O) groups excluding carboxylic acids is 1. The van der Waals surface area contributed by atoms with Gasteiger partial charge in [0, 0.05) is 17.1 Å². The maximum atomic E-state index is 12.4. The second kappa shape index (κ2) is 7.40. The first-order valence-electron chi connectivity index (χ1n) is 7.85. The molecule has 22 heavy (non-hydrogen) atoms. The highest BCUT2D eigenvalue weighted by atomic mass is 32.1. The molecule has 1 saturated carbocycles. The van der Waals surface area contributed by atoms with E-state index in [1.165, 1.54) is 19.3 Å². The lowest BCUT2D eigenvalue weighted by atomic mass is 9.95. The van der Waals surface area contributed by atoms with Gasteiger partial charge in [-0.25, -0.2) is 4.98 Å². The van der Waals surface area contributed by atoms with Gasteiger partial charge in [-0.15, -0.1) is 11.3 Å². The summed E-state index contributed by atoms with van der Waals surface area (Å²) in [7, 11) is 0. The summed E-state index contributed by atoms with van der Waals surface area (Å²) in [5.74, 6) is 0.637. The number of pyridine rings is 1. The lowest BCUT2D eigenvalue weighted by molar-refractivity contribution is 0.0951. The molecule has 0 unspecified atom stereocenters. The minimum atomic E-state index is -0.0696. The Labute approximate surface area is 135 Å². The predicted molar refractivity (Wildman–Crippen MR) is 90.2 cm³/mol. The molecule has 2 aromatic rings. The van der Waals surface area contributed by atoms with Gasteiger partial charge < -0.3 is 10.6 Å². The molecule has 5 heteroatoms. The van der Waals surface area contributed by atoms with Gasteiger partial charge >= 0.3 is 0 Å². The monoisotopic (exact) mass is 315 g/mol. The van der Waals surface area contributed by atoms with Crippen molar-refractivity contribution in [3.63, 3.8) is 0 Å². The average Bonchev–Trinajstić information content (AvgIpc) is 3.08. The maximum absolute atomic E-state index is 12.4. The number of thiophene rings is 1. The number of amides is 1. The molecule has 2 aromatic heterocycles. The van der Waals surface area contributed by atoms with E-state index < -0.39 is 0 Å². The Morgan fingerprint density at radius 2 is 2.09 bits per heavy atom. The van der Waals surface area contributed by atoms with Crippen LogP contribution in [-0.4, -0.2) is 16.9 Å². The minimum absolute atomic E-state index is 0.0696. The highest BCUT2D eigenvalue weighted by Gasteiger charge is 2.17. The highest BCUT2D eigenvalue weighted by Crippen LogP contribution is 2.22. The topological polar surface area (TPSA) is 54.0 Å². The molecule has 1 aliphatic rings. The van der Waals surface area contributed by atoms with Crippen molar-refractivity contribution in [1.29, 1.82) is 0 Å². The van der Waals surface area contributed by atoms with E-state index in [0.29, 0.717) is 24.0 Å². The van der Waals surface area contributed by atoms with Gasteiger partial charge in [-0.3, -0.25) is 4.79 Å². The van der Waals surface area contributed by atoms with Crippen molar-refractivity contribution in [2.45, 2.75) is 44.7 Å². The first kappa shape index (κ1) is 15.0. The van der Waals surface area contributed by atoms with Crippen molar-refractivity contribution in [3.05, 3.63) is 46.3 Å². The van der Waals surface area contributed by atoms with Crippen molar-refractivity contribution in [2.24, 2.45) is 0 Å². The first-order valence-corrected chi connectivity index (χ1v) is 8.73. The molecule has 0 radical (unpaired) electrons. The lowest BCUT2D eigenvalue weighted by Gasteiger charge is -2.24.